The number of anilines is 1. The predicted molar refractivity (Wildman–Crippen MR) is 137 cm³/mol. The molecular formula is C27H26ClN3O2S. The maximum absolute atomic E-state index is 13.2. The smallest absolute Gasteiger partial charge is 0.234 e. The molecule has 34 heavy (non-hydrogen) atoms. The zero-order valence-electron chi connectivity index (χ0n) is 19.4. The van der Waals surface area contributed by atoms with E-state index in [1.807, 2.05) is 43.3 Å². The number of hydrogen-bond donors (Lipinski definition) is 2. The summed E-state index contributed by atoms with van der Waals surface area (Å²) in [4.78, 5) is 25.8. The third-order valence-corrected chi connectivity index (χ3v) is 7.28. The molecule has 2 aliphatic rings. The highest BCUT2D eigenvalue weighted by Gasteiger charge is 2.41. The second-order valence-electron chi connectivity index (χ2n) is 9.50. The molecule has 1 aliphatic heterocycles. The van der Waals surface area contributed by atoms with E-state index in [1.54, 1.807) is 12.1 Å². The molecule has 0 fully saturated rings. The van der Waals surface area contributed by atoms with E-state index in [1.165, 1.54) is 11.8 Å². The van der Waals surface area contributed by atoms with Gasteiger partial charge in [0.25, 0.3) is 0 Å². The maximum atomic E-state index is 13.2. The topological polar surface area (TPSA) is 82.0 Å². The predicted octanol–water partition coefficient (Wildman–Crippen LogP) is 6.09. The van der Waals surface area contributed by atoms with Gasteiger partial charge in [-0.3, -0.25) is 9.59 Å². The molecule has 0 saturated heterocycles. The van der Waals surface area contributed by atoms with Crippen molar-refractivity contribution in [3.8, 4) is 6.07 Å². The highest BCUT2D eigenvalue weighted by atomic mass is 35.5. The van der Waals surface area contributed by atoms with E-state index < -0.39 is 5.92 Å². The molecule has 2 N–H and O–H groups in total. The standard InChI is InChI=1S/C27H26ClN3O2S/c1-16-4-10-19(11-5-16)30-23(33)15-34-26-20(14-29)24(17-6-8-18(28)9-7-17)25-21(31-26)12-27(2,3)13-22(25)32/h4-11,24,31H,12-13,15H2,1-3H3,(H,30,33). The number of nitriles is 1. The van der Waals surface area contributed by atoms with Crippen LogP contribution in [0.3, 0.4) is 0 Å². The van der Waals surface area contributed by atoms with Crippen molar-refractivity contribution < 1.29 is 9.59 Å². The number of nitrogens with one attached hydrogen (secondary N) is 2. The summed E-state index contributed by atoms with van der Waals surface area (Å²) in [6.45, 7) is 6.13. The third-order valence-electron chi connectivity index (χ3n) is 6.01. The van der Waals surface area contributed by atoms with Crippen LogP contribution in [0.2, 0.25) is 5.02 Å². The van der Waals surface area contributed by atoms with Crippen LogP contribution in [-0.4, -0.2) is 17.4 Å². The van der Waals surface area contributed by atoms with E-state index in [-0.39, 0.29) is 22.9 Å². The number of dihydropyridines is 1. The van der Waals surface area contributed by atoms with Crippen LogP contribution in [-0.2, 0) is 9.59 Å². The Bertz CT molecular complexity index is 1240. The molecule has 0 aromatic heterocycles. The number of halogens is 1. The normalized spacial score (nSPS) is 19.3. The molecule has 0 saturated carbocycles. The van der Waals surface area contributed by atoms with E-state index in [4.69, 9.17) is 11.6 Å². The second-order valence-corrected chi connectivity index (χ2v) is 10.9. The molecule has 1 atom stereocenters. The minimum atomic E-state index is -0.482. The van der Waals surface area contributed by atoms with Crippen molar-refractivity contribution in [1.82, 2.24) is 5.32 Å². The van der Waals surface area contributed by atoms with Crippen LogP contribution < -0.4 is 10.6 Å². The zero-order valence-corrected chi connectivity index (χ0v) is 20.9. The van der Waals surface area contributed by atoms with Crippen molar-refractivity contribution in [3.63, 3.8) is 0 Å². The summed E-state index contributed by atoms with van der Waals surface area (Å²) in [6, 6.07) is 17.2. The summed E-state index contributed by atoms with van der Waals surface area (Å²) in [6.07, 6.45) is 1.12. The van der Waals surface area contributed by atoms with Gasteiger partial charge in [0, 0.05) is 28.4 Å². The Morgan fingerprint density at radius 3 is 2.50 bits per heavy atom. The van der Waals surface area contributed by atoms with E-state index in [2.05, 4.69) is 30.6 Å². The van der Waals surface area contributed by atoms with Crippen LogP contribution in [0.4, 0.5) is 5.69 Å². The number of amides is 1. The summed E-state index contributed by atoms with van der Waals surface area (Å²) in [5.41, 5.74) is 4.42. The van der Waals surface area contributed by atoms with Crippen molar-refractivity contribution in [2.45, 2.75) is 39.5 Å². The Hall–Kier alpha value is -3.01. The summed E-state index contributed by atoms with van der Waals surface area (Å²) in [7, 11) is 0. The van der Waals surface area contributed by atoms with Crippen molar-refractivity contribution in [1.29, 1.82) is 5.26 Å². The van der Waals surface area contributed by atoms with Crippen LogP contribution >= 0.6 is 23.4 Å². The van der Waals surface area contributed by atoms with Gasteiger partial charge < -0.3 is 10.6 Å². The molecule has 0 bridgehead atoms. The lowest BCUT2D eigenvalue weighted by Crippen LogP contribution is -2.37. The third kappa shape index (κ3) is 5.22. The van der Waals surface area contributed by atoms with Crippen LogP contribution in [0, 0.1) is 23.7 Å². The minimum absolute atomic E-state index is 0.0487. The molecule has 2 aromatic rings. The Morgan fingerprint density at radius 1 is 1.18 bits per heavy atom. The van der Waals surface area contributed by atoms with Crippen LogP contribution in [0.25, 0.3) is 0 Å². The van der Waals surface area contributed by atoms with Crippen molar-refractivity contribution in [2.24, 2.45) is 5.41 Å². The molecule has 174 valence electrons. The first-order valence-electron chi connectivity index (χ1n) is 11.1. The largest absolute Gasteiger partial charge is 0.352 e. The molecule has 5 nitrogen and oxygen atoms in total. The second kappa shape index (κ2) is 9.69. The fourth-order valence-electron chi connectivity index (χ4n) is 4.45. The first-order chi connectivity index (χ1) is 16.2. The summed E-state index contributed by atoms with van der Waals surface area (Å²) >= 11 is 7.38. The number of nitrogens with zero attached hydrogens (tertiary/aromatic N) is 1. The first-order valence-corrected chi connectivity index (χ1v) is 12.5. The average Bonchev–Trinajstić information content (AvgIpc) is 2.78. The number of carbonyl (C=O) groups excluding carboxylic acids is 2. The number of rotatable bonds is 5. The van der Waals surface area contributed by atoms with Gasteiger partial charge in [-0.05, 0) is 48.6 Å². The summed E-state index contributed by atoms with van der Waals surface area (Å²) in [5, 5.41) is 17.6. The number of thioether (sulfide) groups is 1. The van der Waals surface area contributed by atoms with Gasteiger partial charge in [0.2, 0.25) is 5.91 Å². The number of carbonyl (C=O) groups is 2. The molecule has 0 radical (unpaired) electrons. The lowest BCUT2D eigenvalue weighted by Gasteiger charge is -2.39. The van der Waals surface area contributed by atoms with Crippen molar-refractivity contribution >= 4 is 40.7 Å². The minimum Gasteiger partial charge on any atom is -0.352 e. The van der Waals surface area contributed by atoms with Gasteiger partial charge >= 0.3 is 0 Å². The molecular weight excluding hydrogens is 466 g/mol. The molecule has 1 unspecified atom stereocenters. The van der Waals surface area contributed by atoms with E-state index in [9.17, 15) is 14.9 Å². The van der Waals surface area contributed by atoms with Gasteiger partial charge in [-0.2, -0.15) is 5.26 Å². The number of ketones is 1. The SMILES string of the molecule is Cc1ccc(NC(=O)CSC2=C(C#N)C(c3ccc(Cl)cc3)C3=C(CC(C)(C)CC3=O)N2)cc1. The van der Waals surface area contributed by atoms with E-state index >= 15 is 0 Å². The van der Waals surface area contributed by atoms with Crippen LogP contribution in [0.5, 0.6) is 0 Å². The Labute approximate surface area is 209 Å². The number of allylic oxidation sites excluding steroid dienone is 3. The fraction of sp³-hybridized carbons (Fsp3) is 0.296. The Kier molecular flexibility index (Phi) is 6.88. The number of aryl methyl sites for hydroxylation is 1. The van der Waals surface area contributed by atoms with Gasteiger partial charge in [-0.15, -0.1) is 0 Å². The molecule has 0 spiro atoms. The van der Waals surface area contributed by atoms with Gasteiger partial charge in [0.05, 0.1) is 28.3 Å². The molecule has 1 amide bonds. The maximum Gasteiger partial charge on any atom is 0.234 e. The summed E-state index contributed by atoms with van der Waals surface area (Å²) < 4.78 is 0. The molecule has 2 aromatic carbocycles. The lowest BCUT2D eigenvalue weighted by atomic mass is 9.69. The van der Waals surface area contributed by atoms with E-state index in [0.29, 0.717) is 34.0 Å². The molecule has 7 heteroatoms. The fourth-order valence-corrected chi connectivity index (χ4v) is 5.44. The highest BCUT2D eigenvalue weighted by Crippen LogP contribution is 2.47. The number of Topliss-reactive ketones (excluding diaryl/α,β-unsaturated/α-hetero) is 1. The lowest BCUT2D eigenvalue weighted by molar-refractivity contribution is -0.118. The molecule has 1 aliphatic carbocycles. The van der Waals surface area contributed by atoms with Gasteiger partial charge in [0.15, 0.2) is 5.78 Å². The van der Waals surface area contributed by atoms with Gasteiger partial charge in [-0.1, -0.05) is 67.0 Å². The quantitative estimate of drug-likeness (QED) is 0.529. The van der Waals surface area contributed by atoms with Gasteiger partial charge in [-0.25, -0.2) is 0 Å². The zero-order chi connectivity index (χ0) is 24.5. The van der Waals surface area contributed by atoms with Crippen LogP contribution in [0.15, 0.2) is 70.4 Å². The first kappa shape index (κ1) is 24.1. The van der Waals surface area contributed by atoms with Crippen molar-refractivity contribution in [2.75, 3.05) is 11.1 Å². The Morgan fingerprint density at radius 2 is 1.85 bits per heavy atom. The van der Waals surface area contributed by atoms with Gasteiger partial charge in [0.1, 0.15) is 0 Å². The monoisotopic (exact) mass is 491 g/mol. The Balaban J connectivity index is 1.64. The highest BCUT2D eigenvalue weighted by molar-refractivity contribution is 8.03. The van der Waals surface area contributed by atoms with Crippen molar-refractivity contribution in [3.05, 3.63) is 86.6 Å². The van der Waals surface area contributed by atoms with Crippen LogP contribution in [0.1, 0.15) is 43.7 Å². The average molecular weight is 492 g/mol. The molecule has 1 heterocycles. The molecule has 4 rings (SSSR count). The number of hydrogen-bond acceptors (Lipinski definition) is 5. The number of benzene rings is 2. The summed E-state index contributed by atoms with van der Waals surface area (Å²) in [5.74, 6) is -0.463. The van der Waals surface area contributed by atoms with E-state index in [0.717, 1.165) is 22.5 Å².